The predicted molar refractivity (Wildman–Crippen MR) is 111 cm³/mol. The highest BCUT2D eigenvalue weighted by Crippen LogP contribution is 2.34. The molecule has 1 unspecified atom stereocenters. The minimum atomic E-state index is -0.630. The molecule has 1 aliphatic heterocycles. The van der Waals surface area contributed by atoms with Crippen LogP contribution in [0.25, 0.3) is 0 Å². The molecular formula is C22H25N3O4. The van der Waals surface area contributed by atoms with Crippen LogP contribution in [0.4, 0.5) is 10.5 Å². The fourth-order valence-electron chi connectivity index (χ4n) is 3.52. The Morgan fingerprint density at radius 3 is 2.24 bits per heavy atom. The largest absolute Gasteiger partial charge is 0.493 e. The highest BCUT2D eigenvalue weighted by molar-refractivity contribution is 6.06. The second-order valence-electron chi connectivity index (χ2n) is 7.02. The molecule has 0 bridgehead atoms. The zero-order chi connectivity index (χ0) is 21.1. The molecule has 0 aromatic heterocycles. The van der Waals surface area contributed by atoms with Crippen molar-refractivity contribution in [3.8, 4) is 11.5 Å². The number of amides is 3. The Kier molecular flexibility index (Phi) is 5.77. The van der Waals surface area contributed by atoms with E-state index in [1.807, 2.05) is 32.0 Å². The lowest BCUT2D eigenvalue weighted by molar-refractivity contribution is -0.113. The molecule has 0 saturated heterocycles. The summed E-state index contributed by atoms with van der Waals surface area (Å²) < 4.78 is 10.6. The molecule has 2 aromatic carbocycles. The summed E-state index contributed by atoms with van der Waals surface area (Å²) in [6, 6.07) is 10.1. The van der Waals surface area contributed by atoms with Crippen LogP contribution in [0.3, 0.4) is 0 Å². The average molecular weight is 395 g/mol. The molecule has 3 amide bonds. The van der Waals surface area contributed by atoms with E-state index in [1.54, 1.807) is 32.2 Å². The van der Waals surface area contributed by atoms with Gasteiger partial charge in [-0.3, -0.25) is 4.79 Å². The maximum atomic E-state index is 13.2. The highest BCUT2D eigenvalue weighted by atomic mass is 16.5. The van der Waals surface area contributed by atoms with Gasteiger partial charge in [-0.25, -0.2) is 4.79 Å². The Labute approximate surface area is 170 Å². The molecular weight excluding hydrogens is 370 g/mol. The summed E-state index contributed by atoms with van der Waals surface area (Å²) in [6.07, 6.45) is 0. The number of ether oxygens (including phenoxy) is 2. The molecule has 1 heterocycles. The van der Waals surface area contributed by atoms with Crippen molar-refractivity contribution in [1.29, 1.82) is 0 Å². The molecule has 0 fully saturated rings. The lowest BCUT2D eigenvalue weighted by Crippen LogP contribution is -2.46. The third-order valence-corrected chi connectivity index (χ3v) is 4.73. The predicted octanol–water partition coefficient (Wildman–Crippen LogP) is 3.59. The first kappa shape index (κ1) is 20.3. The molecule has 1 atom stereocenters. The van der Waals surface area contributed by atoms with Crippen molar-refractivity contribution in [2.45, 2.75) is 26.8 Å². The first-order valence-electron chi connectivity index (χ1n) is 9.22. The van der Waals surface area contributed by atoms with Crippen LogP contribution in [0.1, 0.15) is 29.7 Å². The zero-order valence-electron chi connectivity index (χ0n) is 17.2. The Balaban J connectivity index is 1.98. The fourth-order valence-corrected chi connectivity index (χ4v) is 3.52. The van der Waals surface area contributed by atoms with Crippen LogP contribution < -0.4 is 25.4 Å². The van der Waals surface area contributed by atoms with Crippen LogP contribution in [0.2, 0.25) is 0 Å². The fraction of sp³-hybridized carbons (Fsp3) is 0.273. The van der Waals surface area contributed by atoms with E-state index in [-0.39, 0.29) is 11.9 Å². The number of nitrogens with one attached hydrogen (secondary N) is 3. The number of urea groups is 1. The first-order valence-corrected chi connectivity index (χ1v) is 9.22. The molecule has 0 saturated carbocycles. The van der Waals surface area contributed by atoms with E-state index < -0.39 is 6.04 Å². The smallest absolute Gasteiger partial charge is 0.319 e. The molecule has 0 aliphatic carbocycles. The van der Waals surface area contributed by atoms with Crippen molar-refractivity contribution in [2.24, 2.45) is 0 Å². The van der Waals surface area contributed by atoms with E-state index >= 15 is 0 Å². The molecule has 0 spiro atoms. The van der Waals surface area contributed by atoms with Crippen molar-refractivity contribution in [3.63, 3.8) is 0 Å². The van der Waals surface area contributed by atoms with Gasteiger partial charge < -0.3 is 25.4 Å². The quantitative estimate of drug-likeness (QED) is 0.722. The molecule has 3 rings (SSSR count). The van der Waals surface area contributed by atoms with Gasteiger partial charge in [0, 0.05) is 11.4 Å². The van der Waals surface area contributed by atoms with Gasteiger partial charge in [0.15, 0.2) is 11.5 Å². The third-order valence-electron chi connectivity index (χ3n) is 4.73. The normalized spacial score (nSPS) is 16.0. The number of benzene rings is 2. The van der Waals surface area contributed by atoms with Crippen LogP contribution in [0, 0.1) is 13.8 Å². The number of allylic oxidation sites excluding steroid dienone is 1. The number of anilines is 1. The Bertz CT molecular complexity index is 977. The summed E-state index contributed by atoms with van der Waals surface area (Å²) in [4.78, 5) is 25.3. The van der Waals surface area contributed by atoms with Crippen LogP contribution in [0.15, 0.2) is 47.7 Å². The second kappa shape index (κ2) is 8.26. The summed E-state index contributed by atoms with van der Waals surface area (Å²) in [5.41, 5.74) is 4.44. The Morgan fingerprint density at radius 1 is 0.966 bits per heavy atom. The molecule has 0 radical (unpaired) electrons. The molecule has 2 aromatic rings. The van der Waals surface area contributed by atoms with Crippen molar-refractivity contribution in [3.05, 3.63) is 64.4 Å². The Hall–Kier alpha value is -3.48. The number of hydrogen-bond donors (Lipinski definition) is 3. The number of methoxy groups -OCH3 is 2. The van der Waals surface area contributed by atoms with Crippen LogP contribution in [0.5, 0.6) is 11.5 Å². The molecule has 1 aliphatic rings. The molecule has 3 N–H and O–H groups in total. The van der Waals surface area contributed by atoms with Crippen LogP contribution in [-0.4, -0.2) is 26.2 Å². The van der Waals surface area contributed by atoms with Crippen LogP contribution in [-0.2, 0) is 4.79 Å². The molecule has 152 valence electrons. The summed E-state index contributed by atoms with van der Waals surface area (Å²) >= 11 is 0. The van der Waals surface area contributed by atoms with Crippen LogP contribution >= 0.6 is 0 Å². The minimum Gasteiger partial charge on any atom is -0.493 e. The van der Waals surface area contributed by atoms with E-state index in [9.17, 15) is 9.59 Å². The average Bonchev–Trinajstić information content (AvgIpc) is 2.65. The maximum absolute atomic E-state index is 13.2. The molecule has 7 nitrogen and oxygen atoms in total. The van der Waals surface area contributed by atoms with Gasteiger partial charge in [-0.05, 0) is 61.7 Å². The van der Waals surface area contributed by atoms with Gasteiger partial charge in [-0.15, -0.1) is 0 Å². The lowest BCUT2D eigenvalue weighted by Gasteiger charge is -2.29. The van der Waals surface area contributed by atoms with E-state index in [0.717, 1.165) is 11.1 Å². The monoisotopic (exact) mass is 395 g/mol. The second-order valence-corrected chi connectivity index (χ2v) is 7.02. The van der Waals surface area contributed by atoms with Crippen molar-refractivity contribution in [1.82, 2.24) is 10.6 Å². The van der Waals surface area contributed by atoms with Gasteiger partial charge >= 0.3 is 6.03 Å². The maximum Gasteiger partial charge on any atom is 0.319 e. The minimum absolute atomic E-state index is 0.292. The standard InChI is InChI=1S/C22H25N3O4/c1-12-8-13(2)10-16(9-12)24-21(26)19-14(3)23-22(27)25-20(19)15-6-7-17(28-4)18(11-15)29-5/h6-11,20H,1-5H3,(H,24,26)(H2,23,25,27). The number of hydrogen-bond acceptors (Lipinski definition) is 4. The van der Waals surface area contributed by atoms with Crippen molar-refractivity contribution >= 4 is 17.6 Å². The number of aryl methyl sites for hydroxylation is 2. The lowest BCUT2D eigenvalue weighted by atomic mass is 9.94. The number of rotatable bonds is 5. The zero-order valence-corrected chi connectivity index (χ0v) is 17.2. The third kappa shape index (κ3) is 4.34. The topological polar surface area (TPSA) is 88.7 Å². The van der Waals surface area contributed by atoms with E-state index in [4.69, 9.17) is 9.47 Å². The molecule has 29 heavy (non-hydrogen) atoms. The van der Waals surface area contributed by atoms with Gasteiger partial charge in [0.2, 0.25) is 0 Å². The van der Waals surface area contributed by atoms with Gasteiger partial charge in [-0.2, -0.15) is 0 Å². The summed E-state index contributed by atoms with van der Waals surface area (Å²) in [5, 5.41) is 8.45. The van der Waals surface area contributed by atoms with E-state index in [0.29, 0.717) is 34.0 Å². The SMILES string of the molecule is COc1ccc(C2NC(=O)NC(C)=C2C(=O)Nc2cc(C)cc(C)c2)cc1OC. The summed E-state index contributed by atoms with van der Waals surface area (Å²) in [6.45, 7) is 5.66. The molecule has 7 heteroatoms. The number of carbonyl (C=O) groups is 2. The number of carbonyl (C=O) groups excluding carboxylic acids is 2. The van der Waals surface area contributed by atoms with Gasteiger partial charge in [0.25, 0.3) is 5.91 Å². The van der Waals surface area contributed by atoms with Gasteiger partial charge in [0.05, 0.1) is 25.8 Å². The van der Waals surface area contributed by atoms with E-state index in [1.165, 1.54) is 7.11 Å². The summed E-state index contributed by atoms with van der Waals surface area (Å²) in [5.74, 6) is 0.794. The summed E-state index contributed by atoms with van der Waals surface area (Å²) in [7, 11) is 3.09. The van der Waals surface area contributed by atoms with Crippen molar-refractivity contribution in [2.75, 3.05) is 19.5 Å². The van der Waals surface area contributed by atoms with E-state index in [2.05, 4.69) is 16.0 Å². The highest BCUT2D eigenvalue weighted by Gasteiger charge is 2.31. The van der Waals surface area contributed by atoms with Crippen molar-refractivity contribution < 1.29 is 19.1 Å². The van der Waals surface area contributed by atoms with Gasteiger partial charge in [0.1, 0.15) is 0 Å². The van der Waals surface area contributed by atoms with Gasteiger partial charge in [-0.1, -0.05) is 12.1 Å². The Morgan fingerprint density at radius 2 is 1.62 bits per heavy atom. The first-order chi connectivity index (χ1) is 13.8.